The van der Waals surface area contributed by atoms with Gasteiger partial charge in [-0.3, -0.25) is 0 Å². The Morgan fingerprint density at radius 1 is 1.38 bits per heavy atom. The third-order valence-electron chi connectivity index (χ3n) is 0.820. The van der Waals surface area contributed by atoms with Gasteiger partial charge in [-0.05, 0) is 6.92 Å². The quantitative estimate of drug-likeness (QED) is 0.339. The highest BCUT2D eigenvalue weighted by Crippen LogP contribution is 2.27. The van der Waals surface area contributed by atoms with Crippen molar-refractivity contribution in [3.63, 3.8) is 0 Å². The minimum absolute atomic E-state index is 0.186. The molecule has 0 spiro atoms. The van der Waals surface area contributed by atoms with Crippen molar-refractivity contribution in [3.8, 4) is 0 Å². The normalized spacial score (nSPS) is 13.3. The third kappa shape index (κ3) is 5.81. The molecule has 0 heterocycles. The standard InChI is InChI=1S/C5H4Cl5NO2/c1-2(3(6)7)11-13-4(12)5(8,9)10/h3H,1H3. The summed E-state index contributed by atoms with van der Waals surface area (Å²) in [6, 6.07) is 0. The van der Waals surface area contributed by atoms with E-state index in [2.05, 4.69) is 9.99 Å². The molecule has 0 fully saturated rings. The number of hydrogen-bond donors (Lipinski definition) is 0. The van der Waals surface area contributed by atoms with Crippen LogP contribution in [0.15, 0.2) is 5.16 Å². The molecule has 0 saturated heterocycles. The van der Waals surface area contributed by atoms with Crippen LogP contribution >= 0.6 is 58.0 Å². The highest BCUT2D eigenvalue weighted by atomic mass is 35.6. The van der Waals surface area contributed by atoms with Crippen molar-refractivity contribution in [2.45, 2.75) is 15.6 Å². The molecule has 76 valence electrons. The fourth-order valence-electron chi connectivity index (χ4n) is 0.205. The molecule has 0 bridgehead atoms. The van der Waals surface area contributed by atoms with Crippen LogP contribution in [0.4, 0.5) is 0 Å². The minimum Gasteiger partial charge on any atom is -0.313 e. The second-order valence-electron chi connectivity index (χ2n) is 1.91. The fraction of sp³-hybridized carbons (Fsp3) is 0.600. The van der Waals surface area contributed by atoms with Crippen LogP contribution in [-0.4, -0.2) is 20.3 Å². The number of alkyl halides is 5. The number of rotatable bonds is 2. The zero-order chi connectivity index (χ0) is 10.6. The minimum atomic E-state index is -2.15. The van der Waals surface area contributed by atoms with Crippen LogP contribution in [0.3, 0.4) is 0 Å². The smallest absolute Gasteiger partial charge is 0.313 e. The maximum atomic E-state index is 10.8. The maximum Gasteiger partial charge on any atom is 0.386 e. The first-order valence-electron chi connectivity index (χ1n) is 2.86. The molecule has 8 heteroatoms. The van der Waals surface area contributed by atoms with Crippen LogP contribution in [0.25, 0.3) is 0 Å². The molecule has 0 aliphatic rings. The van der Waals surface area contributed by atoms with Crippen LogP contribution in [-0.2, 0) is 9.63 Å². The maximum absolute atomic E-state index is 10.8. The van der Waals surface area contributed by atoms with E-state index in [0.29, 0.717) is 0 Å². The van der Waals surface area contributed by atoms with E-state index >= 15 is 0 Å². The fourth-order valence-corrected chi connectivity index (χ4v) is 0.388. The van der Waals surface area contributed by atoms with Gasteiger partial charge in [0.1, 0.15) is 4.84 Å². The van der Waals surface area contributed by atoms with Gasteiger partial charge >= 0.3 is 5.97 Å². The molecule has 0 unspecified atom stereocenters. The van der Waals surface area contributed by atoms with Gasteiger partial charge in [-0.2, -0.15) is 0 Å². The summed E-state index contributed by atoms with van der Waals surface area (Å²) in [6.45, 7) is 1.45. The molecule has 0 aliphatic heterocycles. The summed E-state index contributed by atoms with van der Waals surface area (Å²) in [7, 11) is 0. The molecule has 13 heavy (non-hydrogen) atoms. The molecule has 0 rings (SSSR count). The number of halogens is 5. The van der Waals surface area contributed by atoms with Gasteiger partial charge in [0.2, 0.25) is 0 Å². The van der Waals surface area contributed by atoms with Gasteiger partial charge < -0.3 is 4.84 Å². The Balaban J connectivity index is 4.18. The van der Waals surface area contributed by atoms with Crippen molar-refractivity contribution < 1.29 is 9.63 Å². The van der Waals surface area contributed by atoms with Crippen molar-refractivity contribution in [2.75, 3.05) is 0 Å². The van der Waals surface area contributed by atoms with E-state index < -0.39 is 14.6 Å². The van der Waals surface area contributed by atoms with Gasteiger partial charge in [0.15, 0.2) is 0 Å². The molecule has 0 amide bonds. The van der Waals surface area contributed by atoms with E-state index in [1.165, 1.54) is 6.92 Å². The Morgan fingerprint density at radius 3 is 2.15 bits per heavy atom. The van der Waals surface area contributed by atoms with Gasteiger partial charge in [0.05, 0.1) is 5.71 Å². The third-order valence-corrected chi connectivity index (χ3v) is 1.91. The van der Waals surface area contributed by atoms with E-state index in [0.717, 1.165) is 0 Å². The zero-order valence-electron chi connectivity index (χ0n) is 6.23. The first-order chi connectivity index (χ1) is 5.75. The second-order valence-corrected chi connectivity index (χ2v) is 5.29. The predicted molar refractivity (Wildman–Crippen MR) is 55.0 cm³/mol. The lowest BCUT2D eigenvalue weighted by atomic mass is 10.5. The highest BCUT2D eigenvalue weighted by Gasteiger charge is 2.33. The van der Waals surface area contributed by atoms with Crippen molar-refractivity contribution in [2.24, 2.45) is 5.16 Å². The average molecular weight is 287 g/mol. The topological polar surface area (TPSA) is 38.7 Å². The first-order valence-corrected chi connectivity index (χ1v) is 4.86. The Bertz CT molecular complexity index is 221. The van der Waals surface area contributed by atoms with Gasteiger partial charge in [0.25, 0.3) is 3.79 Å². The molecule has 0 radical (unpaired) electrons. The monoisotopic (exact) mass is 285 g/mol. The Labute approximate surface area is 99.8 Å². The molecule has 0 N–H and O–H groups in total. The van der Waals surface area contributed by atoms with Crippen molar-refractivity contribution >= 4 is 69.7 Å². The SMILES string of the molecule is CC(=NOC(=O)C(Cl)(Cl)Cl)C(Cl)Cl. The number of carbonyl (C=O) groups is 1. The van der Waals surface area contributed by atoms with E-state index in [9.17, 15) is 4.79 Å². The lowest BCUT2D eigenvalue weighted by Gasteiger charge is -2.06. The summed E-state index contributed by atoms with van der Waals surface area (Å²) in [5.41, 5.74) is 0.186. The van der Waals surface area contributed by atoms with Gasteiger partial charge in [-0.15, -0.1) is 0 Å². The van der Waals surface area contributed by atoms with Gasteiger partial charge in [0, 0.05) is 0 Å². The van der Waals surface area contributed by atoms with Crippen LogP contribution in [0.2, 0.25) is 0 Å². The van der Waals surface area contributed by atoms with Crippen LogP contribution in [0, 0.1) is 0 Å². The summed E-state index contributed by atoms with van der Waals surface area (Å²) in [5, 5.41) is 3.24. The van der Waals surface area contributed by atoms with Gasteiger partial charge in [-0.1, -0.05) is 63.2 Å². The number of nitrogens with zero attached hydrogens (tertiary/aromatic N) is 1. The molecule has 0 aromatic heterocycles. The van der Waals surface area contributed by atoms with Crippen LogP contribution < -0.4 is 0 Å². The molecule has 0 atom stereocenters. The van der Waals surface area contributed by atoms with Gasteiger partial charge in [-0.25, -0.2) is 4.79 Å². The molecule has 3 nitrogen and oxygen atoms in total. The van der Waals surface area contributed by atoms with Crippen molar-refractivity contribution in [1.82, 2.24) is 0 Å². The molecular formula is C5H4Cl5NO2. The van der Waals surface area contributed by atoms with E-state index in [1.807, 2.05) is 0 Å². The van der Waals surface area contributed by atoms with Crippen molar-refractivity contribution in [1.29, 1.82) is 0 Å². The van der Waals surface area contributed by atoms with Crippen LogP contribution in [0.1, 0.15) is 6.92 Å². The molecule has 0 saturated carbocycles. The van der Waals surface area contributed by atoms with E-state index in [1.54, 1.807) is 0 Å². The zero-order valence-corrected chi connectivity index (χ0v) is 10.0. The number of oxime groups is 1. The molecule has 0 aromatic rings. The summed E-state index contributed by atoms with van der Waals surface area (Å²) in [5.74, 6) is -1.12. The lowest BCUT2D eigenvalue weighted by molar-refractivity contribution is -0.142. The Kier molecular flexibility index (Phi) is 5.71. The molecule has 0 aliphatic carbocycles. The van der Waals surface area contributed by atoms with Crippen molar-refractivity contribution in [3.05, 3.63) is 0 Å². The lowest BCUT2D eigenvalue weighted by Crippen LogP contribution is -2.20. The summed E-state index contributed by atoms with van der Waals surface area (Å²) in [6.07, 6.45) is 0. The van der Waals surface area contributed by atoms with E-state index in [4.69, 9.17) is 58.0 Å². The summed E-state index contributed by atoms with van der Waals surface area (Å²) >= 11 is 26.2. The molecular weight excluding hydrogens is 283 g/mol. The summed E-state index contributed by atoms with van der Waals surface area (Å²) < 4.78 is -2.15. The predicted octanol–water partition coefficient (Wildman–Crippen LogP) is 3.08. The van der Waals surface area contributed by atoms with Crippen LogP contribution in [0.5, 0.6) is 0 Å². The Hall–Kier alpha value is 0.590. The first kappa shape index (κ1) is 13.6. The molecule has 0 aromatic carbocycles. The summed E-state index contributed by atoms with van der Waals surface area (Å²) in [4.78, 5) is 14.1. The average Bonchev–Trinajstić information content (AvgIpc) is 1.97. The highest BCUT2D eigenvalue weighted by molar-refractivity contribution is 6.75. The number of hydrogen-bond acceptors (Lipinski definition) is 3. The number of carbonyl (C=O) groups excluding carboxylic acids is 1. The largest absolute Gasteiger partial charge is 0.386 e. The Morgan fingerprint density at radius 2 is 1.85 bits per heavy atom. The van der Waals surface area contributed by atoms with E-state index in [-0.39, 0.29) is 5.71 Å². The second kappa shape index (κ2) is 5.47.